The maximum absolute atomic E-state index is 11.9. The molecule has 1 N–H and O–H groups in total. The zero-order valence-electron chi connectivity index (χ0n) is 14.5. The van der Waals surface area contributed by atoms with Crippen LogP contribution in [-0.4, -0.2) is 31.3 Å². The van der Waals surface area contributed by atoms with Gasteiger partial charge in [0.15, 0.2) is 6.61 Å². The minimum absolute atomic E-state index is 0.142. The van der Waals surface area contributed by atoms with Crippen LogP contribution in [0.5, 0.6) is 5.75 Å². The quantitative estimate of drug-likeness (QED) is 0.605. The van der Waals surface area contributed by atoms with E-state index in [-0.39, 0.29) is 18.3 Å². The molecule has 25 heavy (non-hydrogen) atoms. The van der Waals surface area contributed by atoms with Crippen LogP contribution in [0, 0.1) is 13.8 Å². The third kappa shape index (κ3) is 6.15. The molecule has 0 fully saturated rings. The number of carbonyl (C=O) groups is 2. The first kappa shape index (κ1) is 18.9. The van der Waals surface area contributed by atoms with E-state index in [0.717, 1.165) is 27.5 Å². The molecule has 0 saturated heterocycles. The molecule has 0 unspecified atom stereocenters. The zero-order valence-corrected chi connectivity index (χ0v) is 15.3. The number of nitrogens with one attached hydrogen (secondary N) is 1. The molecule has 2 aromatic rings. The van der Waals surface area contributed by atoms with Crippen molar-refractivity contribution in [3.8, 4) is 5.75 Å². The molecule has 0 aliphatic rings. The van der Waals surface area contributed by atoms with Gasteiger partial charge in [0.1, 0.15) is 5.75 Å². The summed E-state index contributed by atoms with van der Waals surface area (Å²) in [5.74, 6) is 0.115. The van der Waals surface area contributed by atoms with Crippen molar-refractivity contribution in [3.05, 3.63) is 53.6 Å². The Hall–Kier alpha value is -2.47. The standard InChI is InChI=1S/C19H21NO4S/c1-13-4-9-17(14(2)10-13)20-18(21)11-24-19(22)12-25-16-7-5-15(23-3)6-8-16/h4-10H,11-12H2,1-3H3,(H,20,21). The van der Waals surface area contributed by atoms with Gasteiger partial charge in [-0.3, -0.25) is 9.59 Å². The Balaban J connectivity index is 1.74. The van der Waals surface area contributed by atoms with E-state index in [0.29, 0.717) is 0 Å². The van der Waals surface area contributed by atoms with Crippen molar-refractivity contribution in [2.45, 2.75) is 18.7 Å². The fraction of sp³-hybridized carbons (Fsp3) is 0.263. The molecule has 0 radical (unpaired) electrons. The van der Waals surface area contributed by atoms with Gasteiger partial charge in [-0.15, -0.1) is 11.8 Å². The Bertz CT molecular complexity index is 744. The molecular weight excluding hydrogens is 338 g/mol. The highest BCUT2D eigenvalue weighted by molar-refractivity contribution is 8.00. The van der Waals surface area contributed by atoms with Crippen molar-refractivity contribution < 1.29 is 19.1 Å². The first-order valence-electron chi connectivity index (χ1n) is 7.77. The number of anilines is 1. The second-order valence-corrected chi connectivity index (χ2v) is 6.54. The summed E-state index contributed by atoms with van der Waals surface area (Å²) in [7, 11) is 1.60. The number of benzene rings is 2. The number of amides is 1. The number of carbonyl (C=O) groups excluding carboxylic acids is 2. The van der Waals surface area contributed by atoms with Gasteiger partial charge >= 0.3 is 5.97 Å². The van der Waals surface area contributed by atoms with Crippen LogP contribution in [0.25, 0.3) is 0 Å². The maximum Gasteiger partial charge on any atom is 0.316 e. The lowest BCUT2D eigenvalue weighted by atomic mass is 10.1. The van der Waals surface area contributed by atoms with Gasteiger partial charge in [-0.25, -0.2) is 0 Å². The van der Waals surface area contributed by atoms with Crippen molar-refractivity contribution in [2.24, 2.45) is 0 Å². The number of hydrogen-bond acceptors (Lipinski definition) is 5. The normalized spacial score (nSPS) is 10.2. The summed E-state index contributed by atoms with van der Waals surface area (Å²) in [5, 5.41) is 2.74. The molecule has 2 aromatic carbocycles. The van der Waals surface area contributed by atoms with Gasteiger partial charge in [-0.1, -0.05) is 17.7 Å². The lowest BCUT2D eigenvalue weighted by molar-refractivity contribution is -0.144. The summed E-state index contributed by atoms with van der Waals surface area (Å²) in [6.45, 7) is 3.61. The molecule has 6 heteroatoms. The largest absolute Gasteiger partial charge is 0.497 e. The van der Waals surface area contributed by atoms with E-state index >= 15 is 0 Å². The van der Waals surface area contributed by atoms with Crippen molar-refractivity contribution in [3.63, 3.8) is 0 Å². The van der Waals surface area contributed by atoms with Gasteiger partial charge in [0, 0.05) is 10.6 Å². The fourth-order valence-corrected chi connectivity index (χ4v) is 2.84. The minimum Gasteiger partial charge on any atom is -0.497 e. The average molecular weight is 359 g/mol. The molecule has 0 atom stereocenters. The zero-order chi connectivity index (χ0) is 18.2. The van der Waals surface area contributed by atoms with E-state index < -0.39 is 5.97 Å². The van der Waals surface area contributed by atoms with E-state index in [9.17, 15) is 9.59 Å². The number of methoxy groups -OCH3 is 1. The van der Waals surface area contributed by atoms with Crippen LogP contribution in [0.4, 0.5) is 5.69 Å². The van der Waals surface area contributed by atoms with E-state index in [1.165, 1.54) is 11.8 Å². The third-order valence-electron chi connectivity index (χ3n) is 3.44. The summed E-state index contributed by atoms with van der Waals surface area (Å²) >= 11 is 1.35. The highest BCUT2D eigenvalue weighted by Crippen LogP contribution is 2.21. The SMILES string of the molecule is COc1ccc(SCC(=O)OCC(=O)Nc2ccc(C)cc2C)cc1. The van der Waals surface area contributed by atoms with E-state index in [4.69, 9.17) is 9.47 Å². The van der Waals surface area contributed by atoms with Gasteiger partial charge < -0.3 is 14.8 Å². The molecule has 2 rings (SSSR count). The Morgan fingerprint density at radius 3 is 2.44 bits per heavy atom. The Morgan fingerprint density at radius 1 is 1.08 bits per heavy atom. The van der Waals surface area contributed by atoms with Crippen molar-refractivity contribution >= 4 is 29.3 Å². The highest BCUT2D eigenvalue weighted by atomic mass is 32.2. The maximum atomic E-state index is 11.9. The fourth-order valence-electron chi connectivity index (χ4n) is 2.14. The monoisotopic (exact) mass is 359 g/mol. The summed E-state index contributed by atoms with van der Waals surface area (Å²) in [6, 6.07) is 13.1. The van der Waals surface area contributed by atoms with Crippen LogP contribution in [0.1, 0.15) is 11.1 Å². The van der Waals surface area contributed by atoms with E-state index in [1.54, 1.807) is 7.11 Å². The summed E-state index contributed by atoms with van der Waals surface area (Å²) in [6.07, 6.45) is 0. The minimum atomic E-state index is -0.434. The van der Waals surface area contributed by atoms with Crippen LogP contribution in [0.15, 0.2) is 47.4 Å². The Morgan fingerprint density at radius 2 is 1.80 bits per heavy atom. The van der Waals surface area contributed by atoms with Crippen molar-refractivity contribution in [1.29, 1.82) is 0 Å². The lowest BCUT2D eigenvalue weighted by Gasteiger charge is -2.09. The molecular formula is C19H21NO4S. The van der Waals surface area contributed by atoms with Gasteiger partial charge in [0.05, 0.1) is 12.9 Å². The van der Waals surface area contributed by atoms with E-state index in [2.05, 4.69) is 5.32 Å². The van der Waals surface area contributed by atoms with Crippen LogP contribution >= 0.6 is 11.8 Å². The average Bonchev–Trinajstić information content (AvgIpc) is 2.61. The topological polar surface area (TPSA) is 64.6 Å². The first-order chi connectivity index (χ1) is 12.0. The molecule has 1 amide bonds. The highest BCUT2D eigenvalue weighted by Gasteiger charge is 2.10. The van der Waals surface area contributed by atoms with E-state index in [1.807, 2.05) is 56.3 Å². The summed E-state index contributed by atoms with van der Waals surface area (Å²) in [4.78, 5) is 24.6. The predicted octanol–water partition coefficient (Wildman–Crippen LogP) is 3.59. The molecule has 0 heterocycles. The van der Waals surface area contributed by atoms with Crippen LogP contribution < -0.4 is 10.1 Å². The molecule has 0 aliphatic heterocycles. The number of esters is 1. The molecule has 0 saturated carbocycles. The second-order valence-electron chi connectivity index (χ2n) is 5.49. The number of ether oxygens (including phenoxy) is 2. The molecule has 0 spiro atoms. The lowest BCUT2D eigenvalue weighted by Crippen LogP contribution is -2.22. The number of hydrogen-bond donors (Lipinski definition) is 1. The van der Waals surface area contributed by atoms with Gasteiger partial charge in [-0.05, 0) is 49.7 Å². The third-order valence-corrected chi connectivity index (χ3v) is 4.42. The van der Waals surface area contributed by atoms with Gasteiger partial charge in [0.25, 0.3) is 5.91 Å². The Kier molecular flexibility index (Phi) is 6.89. The van der Waals surface area contributed by atoms with Crippen molar-refractivity contribution in [2.75, 3.05) is 24.8 Å². The van der Waals surface area contributed by atoms with Gasteiger partial charge in [0.2, 0.25) is 0 Å². The number of rotatable bonds is 7. The molecule has 0 aromatic heterocycles. The molecule has 132 valence electrons. The summed E-state index contributed by atoms with van der Waals surface area (Å²) in [5.41, 5.74) is 2.81. The van der Waals surface area contributed by atoms with Crippen LogP contribution in [0.3, 0.4) is 0 Å². The Labute approximate surface area is 151 Å². The number of aryl methyl sites for hydroxylation is 2. The first-order valence-corrected chi connectivity index (χ1v) is 8.76. The molecule has 5 nitrogen and oxygen atoms in total. The predicted molar refractivity (Wildman–Crippen MR) is 99.2 cm³/mol. The summed E-state index contributed by atoms with van der Waals surface area (Å²) < 4.78 is 10.1. The molecule has 0 aliphatic carbocycles. The van der Waals surface area contributed by atoms with Gasteiger partial charge in [-0.2, -0.15) is 0 Å². The second kappa shape index (κ2) is 9.13. The van der Waals surface area contributed by atoms with Crippen molar-refractivity contribution in [1.82, 2.24) is 0 Å². The smallest absolute Gasteiger partial charge is 0.316 e. The molecule has 0 bridgehead atoms. The van der Waals surface area contributed by atoms with Crippen LogP contribution in [-0.2, 0) is 14.3 Å². The number of thioether (sulfide) groups is 1. The van der Waals surface area contributed by atoms with Crippen LogP contribution in [0.2, 0.25) is 0 Å².